The summed E-state index contributed by atoms with van der Waals surface area (Å²) in [6.07, 6.45) is 3.70. The minimum Gasteiger partial charge on any atom is -0.491 e. The van der Waals surface area contributed by atoms with Crippen LogP contribution in [0.15, 0.2) is 54.9 Å². The number of aryl methyl sites for hydroxylation is 1. The summed E-state index contributed by atoms with van der Waals surface area (Å²) < 4.78 is 26.0. The zero-order valence-corrected chi connectivity index (χ0v) is 15.9. The summed E-state index contributed by atoms with van der Waals surface area (Å²) in [6, 6.07) is 10.9. The fraction of sp³-hybridized carbons (Fsp3) is 0.200. The second-order valence-corrected chi connectivity index (χ2v) is 6.40. The summed E-state index contributed by atoms with van der Waals surface area (Å²) in [5, 5.41) is 2.94. The Labute approximate surface area is 166 Å². The molecule has 1 N–H and O–H groups in total. The summed E-state index contributed by atoms with van der Waals surface area (Å²) in [4.78, 5) is 16.2. The van der Waals surface area contributed by atoms with Crippen LogP contribution in [0.25, 0.3) is 0 Å². The Balaban J connectivity index is 1.43. The number of carbonyl (C=O) groups is 1. The summed E-state index contributed by atoms with van der Waals surface area (Å²) in [6.45, 7) is 0.487. The molecule has 8 heteroatoms. The summed E-state index contributed by atoms with van der Waals surface area (Å²) in [7, 11) is 1.90. The first-order chi connectivity index (χ1) is 13.5. The number of aromatic nitrogens is 2. The van der Waals surface area contributed by atoms with E-state index in [-0.39, 0.29) is 24.0 Å². The highest BCUT2D eigenvalue weighted by atomic mass is 35.5. The number of hydrogen-bond acceptors (Lipinski definition) is 4. The van der Waals surface area contributed by atoms with Gasteiger partial charge in [-0.15, -0.1) is 0 Å². The zero-order chi connectivity index (χ0) is 19.9. The van der Waals surface area contributed by atoms with Crippen LogP contribution in [0.4, 0.5) is 10.1 Å². The fourth-order valence-electron chi connectivity index (χ4n) is 2.39. The number of benzene rings is 2. The Morgan fingerprint density at radius 2 is 2.00 bits per heavy atom. The quantitative estimate of drug-likeness (QED) is 0.612. The number of nitrogens with one attached hydrogen (secondary N) is 1. The van der Waals surface area contributed by atoms with Crippen molar-refractivity contribution < 1.29 is 18.7 Å². The predicted octanol–water partition coefficient (Wildman–Crippen LogP) is 4.20. The minimum atomic E-state index is -0.442. The van der Waals surface area contributed by atoms with Gasteiger partial charge in [0.2, 0.25) is 5.91 Å². The lowest BCUT2D eigenvalue weighted by atomic mass is 10.3. The molecule has 1 amide bonds. The van der Waals surface area contributed by atoms with Gasteiger partial charge < -0.3 is 19.4 Å². The van der Waals surface area contributed by atoms with E-state index in [9.17, 15) is 9.18 Å². The van der Waals surface area contributed by atoms with E-state index in [1.807, 2.05) is 17.8 Å². The minimum absolute atomic E-state index is 0.127. The number of hydrogen-bond donors (Lipinski definition) is 1. The van der Waals surface area contributed by atoms with Crippen molar-refractivity contribution in [3.8, 4) is 11.5 Å². The van der Waals surface area contributed by atoms with Gasteiger partial charge >= 0.3 is 0 Å². The molecule has 1 aromatic heterocycles. The number of rotatable bonds is 8. The van der Waals surface area contributed by atoms with Gasteiger partial charge in [0.15, 0.2) is 0 Å². The zero-order valence-electron chi connectivity index (χ0n) is 15.2. The van der Waals surface area contributed by atoms with Crippen LogP contribution in [-0.2, 0) is 18.4 Å². The van der Waals surface area contributed by atoms with E-state index in [1.165, 1.54) is 12.1 Å². The Bertz CT molecular complexity index is 944. The normalized spacial score (nSPS) is 10.5. The van der Waals surface area contributed by atoms with E-state index < -0.39 is 5.82 Å². The lowest BCUT2D eigenvalue weighted by Crippen LogP contribution is -2.15. The van der Waals surface area contributed by atoms with Crippen LogP contribution in [0.5, 0.6) is 11.5 Å². The van der Waals surface area contributed by atoms with Crippen molar-refractivity contribution in [3.05, 3.63) is 71.5 Å². The van der Waals surface area contributed by atoms with E-state index in [0.717, 1.165) is 11.9 Å². The molecule has 0 fully saturated rings. The fourth-order valence-corrected chi connectivity index (χ4v) is 2.61. The highest BCUT2D eigenvalue weighted by Crippen LogP contribution is 2.25. The van der Waals surface area contributed by atoms with Crippen LogP contribution >= 0.6 is 11.6 Å². The average Bonchev–Trinajstić information content (AvgIpc) is 3.08. The lowest BCUT2D eigenvalue weighted by Gasteiger charge is -2.10. The van der Waals surface area contributed by atoms with Crippen molar-refractivity contribution in [1.82, 2.24) is 9.55 Å². The molecule has 146 valence electrons. The van der Waals surface area contributed by atoms with Crippen molar-refractivity contribution in [2.75, 3.05) is 11.9 Å². The van der Waals surface area contributed by atoms with Gasteiger partial charge in [-0.3, -0.25) is 4.79 Å². The first-order valence-electron chi connectivity index (χ1n) is 8.58. The molecular weight excluding hydrogens is 385 g/mol. The molecule has 0 unspecified atom stereocenters. The first kappa shape index (κ1) is 19.7. The van der Waals surface area contributed by atoms with E-state index in [2.05, 4.69) is 10.3 Å². The van der Waals surface area contributed by atoms with Crippen molar-refractivity contribution in [3.63, 3.8) is 0 Å². The van der Waals surface area contributed by atoms with Crippen molar-refractivity contribution in [1.29, 1.82) is 0 Å². The van der Waals surface area contributed by atoms with Crippen molar-refractivity contribution in [2.24, 2.45) is 7.05 Å². The molecule has 1 heterocycles. The standard InChI is InChI=1S/C20H19ClFN3O3/c1-25-10-9-23-19(25)13-28-16-5-3-15(4-6-16)24-20(26)8-11-27-18-7-2-14(22)12-17(18)21/h2-7,9-10,12H,8,11,13H2,1H3,(H,24,26). The SMILES string of the molecule is Cn1ccnc1COc1ccc(NC(=O)CCOc2ccc(F)cc2Cl)cc1. The molecule has 0 atom stereocenters. The third-order valence-electron chi connectivity index (χ3n) is 3.91. The molecule has 0 aliphatic carbocycles. The Morgan fingerprint density at radius 3 is 2.68 bits per heavy atom. The number of nitrogens with zero attached hydrogens (tertiary/aromatic N) is 2. The topological polar surface area (TPSA) is 65.4 Å². The summed E-state index contributed by atoms with van der Waals surface area (Å²) in [5.41, 5.74) is 0.647. The number of ether oxygens (including phenoxy) is 2. The first-order valence-corrected chi connectivity index (χ1v) is 8.96. The van der Waals surface area contributed by atoms with Crippen LogP contribution in [0, 0.1) is 5.82 Å². The molecular formula is C20H19ClFN3O3. The van der Waals surface area contributed by atoms with Crippen LogP contribution in [-0.4, -0.2) is 22.1 Å². The number of halogens is 2. The van der Waals surface area contributed by atoms with Crippen LogP contribution in [0.3, 0.4) is 0 Å². The molecule has 0 saturated carbocycles. The van der Waals surface area contributed by atoms with Gasteiger partial charge in [-0.05, 0) is 42.5 Å². The number of anilines is 1. The molecule has 0 saturated heterocycles. The molecule has 0 radical (unpaired) electrons. The van der Waals surface area contributed by atoms with Gasteiger partial charge in [0.25, 0.3) is 0 Å². The van der Waals surface area contributed by atoms with Gasteiger partial charge in [0.05, 0.1) is 18.1 Å². The molecule has 0 spiro atoms. The lowest BCUT2D eigenvalue weighted by molar-refractivity contribution is -0.116. The van der Waals surface area contributed by atoms with E-state index in [0.29, 0.717) is 23.8 Å². The van der Waals surface area contributed by atoms with Crippen LogP contribution < -0.4 is 14.8 Å². The van der Waals surface area contributed by atoms with E-state index >= 15 is 0 Å². The third-order valence-corrected chi connectivity index (χ3v) is 4.20. The molecule has 3 rings (SSSR count). The molecule has 28 heavy (non-hydrogen) atoms. The Kier molecular flexibility index (Phi) is 6.49. The smallest absolute Gasteiger partial charge is 0.227 e. The second-order valence-electron chi connectivity index (χ2n) is 5.99. The molecule has 3 aromatic rings. The van der Waals surface area contributed by atoms with Gasteiger partial charge in [-0.2, -0.15) is 0 Å². The molecule has 0 aliphatic heterocycles. The number of carbonyl (C=O) groups excluding carboxylic acids is 1. The monoisotopic (exact) mass is 403 g/mol. The maximum Gasteiger partial charge on any atom is 0.227 e. The molecule has 6 nitrogen and oxygen atoms in total. The van der Waals surface area contributed by atoms with E-state index in [4.69, 9.17) is 21.1 Å². The maximum atomic E-state index is 13.0. The van der Waals surface area contributed by atoms with Crippen LogP contribution in [0.2, 0.25) is 5.02 Å². The molecule has 0 aliphatic rings. The Hall–Kier alpha value is -3.06. The highest BCUT2D eigenvalue weighted by Gasteiger charge is 2.07. The van der Waals surface area contributed by atoms with Gasteiger partial charge in [0, 0.05) is 25.1 Å². The van der Waals surface area contributed by atoms with Crippen molar-refractivity contribution in [2.45, 2.75) is 13.0 Å². The molecule has 2 aromatic carbocycles. The van der Waals surface area contributed by atoms with Gasteiger partial charge in [0.1, 0.15) is 29.7 Å². The van der Waals surface area contributed by atoms with E-state index in [1.54, 1.807) is 30.5 Å². The second kappa shape index (κ2) is 9.23. The number of imidazole rings is 1. The largest absolute Gasteiger partial charge is 0.491 e. The average molecular weight is 404 g/mol. The predicted molar refractivity (Wildman–Crippen MR) is 104 cm³/mol. The van der Waals surface area contributed by atoms with Crippen LogP contribution in [0.1, 0.15) is 12.2 Å². The highest BCUT2D eigenvalue weighted by molar-refractivity contribution is 6.32. The van der Waals surface area contributed by atoms with Gasteiger partial charge in [-0.1, -0.05) is 11.6 Å². The number of amides is 1. The maximum absolute atomic E-state index is 13.0. The summed E-state index contributed by atoms with van der Waals surface area (Å²) in [5.74, 6) is 1.18. The Morgan fingerprint density at radius 1 is 1.21 bits per heavy atom. The van der Waals surface area contributed by atoms with Gasteiger partial charge in [-0.25, -0.2) is 9.37 Å². The third kappa shape index (κ3) is 5.47. The summed E-state index contributed by atoms with van der Waals surface area (Å²) >= 11 is 5.87. The van der Waals surface area contributed by atoms with Crippen molar-refractivity contribution >= 4 is 23.2 Å². The molecule has 0 bridgehead atoms.